The Morgan fingerprint density at radius 3 is 2.05 bits per heavy atom. The van der Waals surface area contributed by atoms with Gasteiger partial charge in [-0.05, 0) is 24.4 Å². The molecule has 7 heteroatoms. The molecular formula is C12H13N3O2S2. The minimum Gasteiger partial charge on any atom is -0.377 e. The summed E-state index contributed by atoms with van der Waals surface area (Å²) in [4.78, 5) is 25.1. The van der Waals surface area contributed by atoms with Gasteiger partial charge in [-0.2, -0.15) is 11.8 Å². The largest absolute Gasteiger partial charge is 0.377 e. The minimum absolute atomic E-state index is 0.000000000000000222. The topological polar surface area (TPSA) is 89.4 Å². The third-order valence-corrected chi connectivity index (χ3v) is 3.62. The number of rotatable bonds is 2. The molecule has 0 saturated carbocycles. The number of fused-ring (bicyclic) bond motifs is 1. The van der Waals surface area contributed by atoms with Gasteiger partial charge in [0.1, 0.15) is 0 Å². The van der Waals surface area contributed by atoms with Gasteiger partial charge in [-0.25, -0.2) is 0 Å². The van der Waals surface area contributed by atoms with Gasteiger partial charge in [0.05, 0.1) is 11.1 Å². The highest BCUT2D eigenvalue weighted by molar-refractivity contribution is 8.06. The van der Waals surface area contributed by atoms with Gasteiger partial charge in [0.25, 0.3) is 11.8 Å². The summed E-state index contributed by atoms with van der Waals surface area (Å²) < 4.78 is 0. The Kier molecular flexibility index (Phi) is 4.06. The molecule has 1 fully saturated rings. The van der Waals surface area contributed by atoms with Gasteiger partial charge in [-0.15, -0.1) is 0 Å². The Morgan fingerprint density at radius 1 is 1.26 bits per heavy atom. The van der Waals surface area contributed by atoms with Crippen LogP contribution in [-0.2, 0) is 0 Å². The second kappa shape index (κ2) is 5.58. The fourth-order valence-electron chi connectivity index (χ4n) is 1.78. The first-order valence-electron chi connectivity index (χ1n) is 5.62. The molecule has 1 unspecified atom stereocenters. The Hall–Kier alpha value is -1.60. The van der Waals surface area contributed by atoms with Crippen molar-refractivity contribution in [1.82, 2.24) is 4.90 Å². The van der Waals surface area contributed by atoms with Crippen molar-refractivity contribution >= 4 is 40.9 Å². The van der Waals surface area contributed by atoms with Crippen LogP contribution in [0.5, 0.6) is 0 Å². The molecular weight excluding hydrogens is 282 g/mol. The molecule has 0 aliphatic carbocycles. The van der Waals surface area contributed by atoms with E-state index in [0.29, 0.717) is 22.9 Å². The van der Waals surface area contributed by atoms with E-state index < -0.39 is 0 Å². The van der Waals surface area contributed by atoms with Crippen molar-refractivity contribution in [2.45, 2.75) is 5.25 Å². The maximum atomic E-state index is 11.9. The second-order valence-electron chi connectivity index (χ2n) is 4.12. The summed E-state index contributed by atoms with van der Waals surface area (Å²) in [5.41, 5.74) is 10.3. The second-order valence-corrected chi connectivity index (χ2v) is 5.93. The zero-order valence-corrected chi connectivity index (χ0v) is 11.7. The molecule has 0 radical (unpaired) electrons. The predicted molar refractivity (Wildman–Crippen MR) is 79.0 cm³/mol. The lowest BCUT2D eigenvalue weighted by Crippen LogP contribution is -2.32. The molecule has 2 heterocycles. The number of hydrogen-bond acceptors (Lipinski definition) is 4. The first kappa shape index (κ1) is 13.8. The molecule has 1 atom stereocenters. The number of thioether (sulfide) groups is 1. The van der Waals surface area contributed by atoms with Crippen molar-refractivity contribution < 1.29 is 9.59 Å². The summed E-state index contributed by atoms with van der Waals surface area (Å²) in [6.45, 7) is 0.566. The monoisotopic (exact) mass is 295 g/mol. The van der Waals surface area contributed by atoms with E-state index in [-0.39, 0.29) is 16.9 Å². The number of thiocarbonyl (C=S) groups is 1. The summed E-state index contributed by atoms with van der Waals surface area (Å²) in [5, 5.41) is 0.465. The Labute approximate surface area is 120 Å². The van der Waals surface area contributed by atoms with Crippen LogP contribution in [0.1, 0.15) is 20.7 Å². The van der Waals surface area contributed by atoms with Crippen molar-refractivity contribution in [1.29, 1.82) is 0 Å². The van der Waals surface area contributed by atoms with Gasteiger partial charge in [0, 0.05) is 17.5 Å². The number of hydrogen-bond donors (Lipinski definition) is 2. The predicted octanol–water partition coefficient (Wildman–Crippen LogP) is 0.587. The summed E-state index contributed by atoms with van der Waals surface area (Å²) >= 11 is 5.88. The van der Waals surface area contributed by atoms with E-state index in [1.807, 2.05) is 0 Å². The molecule has 0 aromatic heterocycles. The number of carbonyl (C=O) groups excluding carboxylic acids is 2. The van der Waals surface area contributed by atoms with Gasteiger partial charge in [-0.3, -0.25) is 14.5 Å². The molecule has 2 aliphatic heterocycles. The average molecular weight is 295 g/mol. The van der Waals surface area contributed by atoms with E-state index in [9.17, 15) is 9.59 Å². The lowest BCUT2D eigenvalue weighted by atomic mass is 10.1. The first-order chi connectivity index (χ1) is 9.00. The highest BCUT2D eigenvalue weighted by Gasteiger charge is 2.38. The Morgan fingerprint density at radius 2 is 1.68 bits per heavy atom. The molecule has 0 spiro atoms. The molecule has 4 N–H and O–H groups in total. The van der Waals surface area contributed by atoms with Crippen molar-refractivity contribution in [2.75, 3.05) is 12.3 Å². The lowest BCUT2D eigenvalue weighted by molar-refractivity contribution is 0.0659. The molecule has 100 valence electrons. The lowest BCUT2D eigenvalue weighted by Gasteiger charge is -2.11. The molecule has 3 rings (SSSR count). The zero-order valence-electron chi connectivity index (χ0n) is 10.0. The molecule has 2 aliphatic rings. The number of nitrogens with zero attached hydrogens (tertiary/aromatic N) is 1. The molecule has 5 nitrogen and oxygen atoms in total. The minimum atomic E-state index is -0.136. The van der Waals surface area contributed by atoms with E-state index in [4.69, 9.17) is 0 Å². The van der Waals surface area contributed by atoms with Gasteiger partial charge >= 0.3 is 0 Å². The van der Waals surface area contributed by atoms with E-state index in [1.165, 1.54) is 4.90 Å². The van der Waals surface area contributed by atoms with Crippen LogP contribution in [-0.4, -0.2) is 39.4 Å². The van der Waals surface area contributed by atoms with Crippen LogP contribution in [0, 0.1) is 0 Å². The molecule has 1 saturated heterocycles. The highest BCUT2D eigenvalue weighted by atomic mass is 32.2. The Bertz CT molecular complexity index is 505. The smallest absolute Gasteiger partial charge is 0.261 e. The maximum absolute atomic E-state index is 11.9. The number of imide groups is 1. The van der Waals surface area contributed by atoms with Gasteiger partial charge in [0.15, 0.2) is 5.11 Å². The van der Waals surface area contributed by atoms with Gasteiger partial charge in [0.2, 0.25) is 0 Å². The molecule has 1 aromatic rings. The van der Waals surface area contributed by atoms with Crippen molar-refractivity contribution in [2.24, 2.45) is 11.5 Å². The van der Waals surface area contributed by atoms with Crippen LogP contribution in [0.4, 0.5) is 0 Å². The standard InChI is InChI=1S/C11H9NO2S.CH4N2S/c13-10-8-3-1-2-4-9(8)11(14)12(10)5-7-6-15-7;2-1(3)4/h1-4,7H,5-6H2;(H4,2,3,4). The van der Waals surface area contributed by atoms with E-state index >= 15 is 0 Å². The van der Waals surface area contributed by atoms with Crippen LogP contribution in [0.3, 0.4) is 0 Å². The van der Waals surface area contributed by atoms with Crippen LogP contribution >= 0.6 is 24.0 Å². The third-order valence-electron chi connectivity index (χ3n) is 2.67. The number of amides is 2. The normalized spacial score (nSPS) is 19.6. The van der Waals surface area contributed by atoms with Gasteiger partial charge in [-0.1, -0.05) is 12.1 Å². The summed E-state index contributed by atoms with van der Waals surface area (Å²) in [6, 6.07) is 7.02. The average Bonchev–Trinajstić information content (AvgIpc) is 3.14. The van der Waals surface area contributed by atoms with Crippen LogP contribution in [0.25, 0.3) is 0 Å². The fraction of sp³-hybridized carbons (Fsp3) is 0.250. The third kappa shape index (κ3) is 3.24. The highest BCUT2D eigenvalue weighted by Crippen LogP contribution is 2.33. The maximum Gasteiger partial charge on any atom is 0.261 e. The van der Waals surface area contributed by atoms with Gasteiger partial charge < -0.3 is 11.5 Å². The fourth-order valence-corrected chi connectivity index (χ4v) is 2.28. The molecule has 1 aromatic carbocycles. The molecule has 0 bridgehead atoms. The van der Waals surface area contributed by atoms with E-state index in [2.05, 4.69) is 23.7 Å². The molecule has 19 heavy (non-hydrogen) atoms. The molecule has 2 amide bonds. The van der Waals surface area contributed by atoms with Crippen molar-refractivity contribution in [3.63, 3.8) is 0 Å². The summed E-state index contributed by atoms with van der Waals surface area (Å²) in [5.74, 6) is 0.791. The Balaban J connectivity index is 0.000000297. The number of carbonyl (C=O) groups is 2. The number of benzene rings is 1. The summed E-state index contributed by atoms with van der Waals surface area (Å²) in [7, 11) is 0. The number of nitrogens with two attached hydrogens (primary N) is 2. The van der Waals surface area contributed by atoms with Crippen molar-refractivity contribution in [3.8, 4) is 0 Å². The van der Waals surface area contributed by atoms with E-state index in [0.717, 1.165) is 5.75 Å². The van der Waals surface area contributed by atoms with Crippen LogP contribution in [0.15, 0.2) is 24.3 Å². The summed E-state index contributed by atoms with van der Waals surface area (Å²) in [6.07, 6.45) is 0. The van der Waals surface area contributed by atoms with E-state index in [1.54, 1.807) is 36.0 Å². The SMILES string of the molecule is NC(N)=S.O=C1c2ccccc2C(=O)N1CC1CS1. The first-order valence-corrected chi connectivity index (χ1v) is 7.08. The zero-order chi connectivity index (χ0) is 14.0. The van der Waals surface area contributed by atoms with Crippen molar-refractivity contribution in [3.05, 3.63) is 35.4 Å². The van der Waals surface area contributed by atoms with Crippen LogP contribution in [0.2, 0.25) is 0 Å². The quantitative estimate of drug-likeness (QED) is 0.471. The van der Waals surface area contributed by atoms with Crippen LogP contribution < -0.4 is 11.5 Å².